The van der Waals surface area contributed by atoms with E-state index in [1.54, 1.807) is 10.4 Å². The van der Waals surface area contributed by atoms with E-state index < -0.39 is 0 Å². The molecule has 1 aromatic rings. The van der Waals surface area contributed by atoms with Crippen LogP contribution in [0.5, 0.6) is 0 Å². The van der Waals surface area contributed by atoms with Crippen LogP contribution < -0.4 is 5.32 Å². The van der Waals surface area contributed by atoms with Crippen molar-refractivity contribution >= 4 is 11.3 Å². The number of fused-ring (bicyclic) bond motifs is 1. The Labute approximate surface area is 115 Å². The Morgan fingerprint density at radius 3 is 2.94 bits per heavy atom. The Balaban J connectivity index is 1.67. The van der Waals surface area contributed by atoms with Crippen LogP contribution in [0, 0.1) is 11.8 Å². The molecule has 4 unspecified atom stereocenters. The van der Waals surface area contributed by atoms with E-state index in [4.69, 9.17) is 0 Å². The van der Waals surface area contributed by atoms with E-state index in [9.17, 15) is 0 Å². The molecule has 100 valence electrons. The summed E-state index contributed by atoms with van der Waals surface area (Å²) in [5.74, 6) is 1.78. The summed E-state index contributed by atoms with van der Waals surface area (Å²) >= 11 is 1.95. The molecule has 1 N–H and O–H groups in total. The van der Waals surface area contributed by atoms with Crippen molar-refractivity contribution < 1.29 is 0 Å². The Bertz CT molecular complexity index is 398. The summed E-state index contributed by atoms with van der Waals surface area (Å²) in [5, 5.41) is 6.25. The molecule has 1 nitrogen and oxygen atoms in total. The molecule has 2 heteroatoms. The van der Waals surface area contributed by atoms with Gasteiger partial charge in [0.1, 0.15) is 0 Å². The van der Waals surface area contributed by atoms with E-state index in [0.29, 0.717) is 6.04 Å². The van der Waals surface area contributed by atoms with Crippen molar-refractivity contribution in [1.29, 1.82) is 0 Å². The fraction of sp³-hybridized carbons (Fsp3) is 0.750. The molecule has 1 saturated carbocycles. The largest absolute Gasteiger partial charge is 0.307 e. The van der Waals surface area contributed by atoms with Gasteiger partial charge in [0.05, 0.1) is 0 Å². The predicted octanol–water partition coefficient (Wildman–Crippen LogP) is 4.54. The monoisotopic (exact) mass is 263 g/mol. The van der Waals surface area contributed by atoms with Crippen molar-refractivity contribution in [3.63, 3.8) is 0 Å². The van der Waals surface area contributed by atoms with Gasteiger partial charge in [0.2, 0.25) is 0 Å². The van der Waals surface area contributed by atoms with Gasteiger partial charge in [-0.3, -0.25) is 0 Å². The Morgan fingerprint density at radius 2 is 2.11 bits per heavy atom. The van der Waals surface area contributed by atoms with Crippen molar-refractivity contribution in [2.24, 2.45) is 11.8 Å². The lowest BCUT2D eigenvalue weighted by Crippen LogP contribution is -2.41. The first-order chi connectivity index (χ1) is 8.74. The minimum atomic E-state index is 0.640. The van der Waals surface area contributed by atoms with Crippen LogP contribution in [0.1, 0.15) is 62.4 Å². The van der Waals surface area contributed by atoms with Crippen LogP contribution in [0.4, 0.5) is 0 Å². The molecule has 18 heavy (non-hydrogen) atoms. The van der Waals surface area contributed by atoms with E-state index in [2.05, 4.69) is 30.6 Å². The third-order valence-electron chi connectivity index (χ3n) is 4.90. The van der Waals surface area contributed by atoms with Gasteiger partial charge in [0.15, 0.2) is 0 Å². The average molecular weight is 263 g/mol. The molecule has 0 amide bonds. The lowest BCUT2D eigenvalue weighted by molar-refractivity contribution is 0.208. The lowest BCUT2D eigenvalue weighted by Gasteiger charge is -2.37. The minimum Gasteiger partial charge on any atom is -0.307 e. The van der Waals surface area contributed by atoms with Crippen LogP contribution in [0.2, 0.25) is 0 Å². The van der Waals surface area contributed by atoms with Gasteiger partial charge >= 0.3 is 0 Å². The highest BCUT2D eigenvalue weighted by Crippen LogP contribution is 2.36. The quantitative estimate of drug-likeness (QED) is 0.826. The number of aryl methyl sites for hydroxylation is 1. The number of nitrogens with one attached hydrogen (secondary N) is 1. The second-order valence-electron chi connectivity index (χ2n) is 6.41. The van der Waals surface area contributed by atoms with Crippen molar-refractivity contribution in [3.8, 4) is 0 Å². The maximum absolute atomic E-state index is 3.98. The molecule has 0 saturated heterocycles. The Morgan fingerprint density at radius 1 is 1.22 bits per heavy atom. The molecule has 1 aromatic heterocycles. The molecule has 1 fully saturated rings. The van der Waals surface area contributed by atoms with Crippen molar-refractivity contribution in [2.45, 2.75) is 64.5 Å². The first-order valence-electron chi connectivity index (χ1n) is 7.56. The summed E-state index contributed by atoms with van der Waals surface area (Å²) in [6, 6.07) is 3.74. The van der Waals surface area contributed by atoms with Gasteiger partial charge in [-0.1, -0.05) is 13.8 Å². The molecule has 2 aliphatic carbocycles. The predicted molar refractivity (Wildman–Crippen MR) is 79.1 cm³/mol. The van der Waals surface area contributed by atoms with E-state index in [-0.39, 0.29) is 0 Å². The molecular formula is C16H25NS. The minimum absolute atomic E-state index is 0.640. The van der Waals surface area contributed by atoms with Gasteiger partial charge in [-0.2, -0.15) is 0 Å². The van der Waals surface area contributed by atoms with Crippen LogP contribution in [0.25, 0.3) is 0 Å². The summed E-state index contributed by atoms with van der Waals surface area (Å²) in [7, 11) is 0. The summed E-state index contributed by atoms with van der Waals surface area (Å²) in [4.78, 5) is 1.63. The van der Waals surface area contributed by atoms with Crippen molar-refractivity contribution in [3.05, 3.63) is 21.9 Å². The van der Waals surface area contributed by atoms with Gasteiger partial charge < -0.3 is 5.32 Å². The van der Waals surface area contributed by atoms with Crippen molar-refractivity contribution in [2.75, 3.05) is 0 Å². The third-order valence-corrected chi connectivity index (χ3v) is 5.90. The Hall–Kier alpha value is -0.340. The third kappa shape index (κ3) is 2.50. The normalized spacial score (nSPS) is 36.3. The molecule has 4 atom stereocenters. The first kappa shape index (κ1) is 12.7. The maximum atomic E-state index is 3.98. The summed E-state index contributed by atoms with van der Waals surface area (Å²) in [6.07, 6.45) is 8.19. The number of thiophene rings is 1. The fourth-order valence-electron chi connectivity index (χ4n) is 3.83. The highest BCUT2D eigenvalue weighted by molar-refractivity contribution is 7.10. The molecular weight excluding hydrogens is 238 g/mol. The topological polar surface area (TPSA) is 12.0 Å². The molecule has 0 bridgehead atoms. The van der Waals surface area contributed by atoms with Gasteiger partial charge in [-0.05, 0) is 67.4 Å². The van der Waals surface area contributed by atoms with Crippen LogP contribution in [0.3, 0.4) is 0 Å². The summed E-state index contributed by atoms with van der Waals surface area (Å²) in [5.41, 5.74) is 1.61. The average Bonchev–Trinajstić information content (AvgIpc) is 2.82. The first-order valence-corrected chi connectivity index (χ1v) is 8.44. The number of rotatable bonds is 2. The maximum Gasteiger partial charge on any atom is 0.0333 e. The fourth-order valence-corrected chi connectivity index (χ4v) is 4.82. The molecule has 0 radical (unpaired) electrons. The Kier molecular flexibility index (Phi) is 3.76. The van der Waals surface area contributed by atoms with Gasteiger partial charge in [0, 0.05) is 17.0 Å². The smallest absolute Gasteiger partial charge is 0.0333 e. The van der Waals surface area contributed by atoms with Gasteiger partial charge in [-0.15, -0.1) is 11.3 Å². The molecule has 2 aliphatic rings. The number of hydrogen-bond donors (Lipinski definition) is 1. The molecule has 0 aliphatic heterocycles. The van der Waals surface area contributed by atoms with Crippen LogP contribution in [-0.4, -0.2) is 6.04 Å². The van der Waals surface area contributed by atoms with Crippen LogP contribution in [-0.2, 0) is 6.42 Å². The lowest BCUT2D eigenvalue weighted by atomic mass is 9.79. The van der Waals surface area contributed by atoms with E-state index in [0.717, 1.165) is 17.9 Å². The zero-order valence-corrected chi connectivity index (χ0v) is 12.4. The summed E-state index contributed by atoms with van der Waals surface area (Å²) in [6.45, 7) is 4.84. The molecule has 1 heterocycles. The van der Waals surface area contributed by atoms with E-state index in [1.165, 1.54) is 38.5 Å². The summed E-state index contributed by atoms with van der Waals surface area (Å²) < 4.78 is 0. The van der Waals surface area contributed by atoms with Crippen molar-refractivity contribution in [1.82, 2.24) is 5.32 Å². The van der Waals surface area contributed by atoms with Gasteiger partial charge in [0.25, 0.3) is 0 Å². The molecule has 0 aromatic carbocycles. The number of hydrogen-bond acceptors (Lipinski definition) is 2. The van der Waals surface area contributed by atoms with Gasteiger partial charge in [-0.25, -0.2) is 0 Å². The highest BCUT2D eigenvalue weighted by atomic mass is 32.1. The zero-order valence-electron chi connectivity index (χ0n) is 11.6. The zero-order chi connectivity index (χ0) is 12.5. The molecule has 3 rings (SSSR count). The highest BCUT2D eigenvalue weighted by Gasteiger charge is 2.29. The standard InChI is InChI=1S/C16H25NS/c1-11-6-7-14(12(2)10-11)17-15-4-3-5-16-13(15)8-9-18-16/h8-9,11-12,14-15,17H,3-7,10H2,1-2H3. The van der Waals surface area contributed by atoms with Crippen LogP contribution in [0.15, 0.2) is 11.4 Å². The second-order valence-corrected chi connectivity index (χ2v) is 7.41. The van der Waals surface area contributed by atoms with E-state index >= 15 is 0 Å². The SMILES string of the molecule is CC1CCC(NC2CCCc3sccc32)C(C)C1. The van der Waals surface area contributed by atoms with Crippen LogP contribution >= 0.6 is 11.3 Å². The van der Waals surface area contributed by atoms with E-state index in [1.807, 2.05) is 11.3 Å². The second kappa shape index (κ2) is 5.34. The molecule has 0 spiro atoms.